The Morgan fingerprint density at radius 3 is 1.36 bits per heavy atom. The predicted molar refractivity (Wildman–Crippen MR) is 261 cm³/mol. The molecule has 8 N–H and O–H groups in total. The average molecular weight is 1050 g/mol. The van der Waals surface area contributed by atoms with E-state index in [-0.39, 0.29) is 12.8 Å². The summed E-state index contributed by atoms with van der Waals surface area (Å²) >= 11 is 0. The fraction of sp³-hybridized carbons (Fsp3) is 0.745. The van der Waals surface area contributed by atoms with Gasteiger partial charge in [0.25, 0.3) is 0 Å². The second kappa shape index (κ2) is 38.5. The highest BCUT2D eigenvalue weighted by molar-refractivity contribution is 7.47. The van der Waals surface area contributed by atoms with Gasteiger partial charge in [-0.15, -0.1) is 0 Å². The van der Waals surface area contributed by atoms with E-state index in [2.05, 4.69) is 83.7 Å². The predicted octanol–water partition coefficient (Wildman–Crippen LogP) is 9.18. The SMILES string of the molecule is CCC=CCC=CCC=CCC=CCC=CCCCCCC(=O)O[C@H](COC(=O)CCCCCCCCCCCCCCC)COP(=O)(O)O[C@H]1C(O)C(O)C(OP(=O)(O)O)[C@@H](OP(=O)(O)O)C1O. The third kappa shape index (κ3) is 34.8. The number of rotatable bonds is 41. The average Bonchev–Trinajstić information content (AvgIpc) is 3.28. The summed E-state index contributed by atoms with van der Waals surface area (Å²) < 4.78 is 65.5. The topological polar surface area (TPSA) is 303 Å². The van der Waals surface area contributed by atoms with E-state index in [4.69, 9.17) is 18.5 Å². The molecule has 0 bridgehead atoms. The van der Waals surface area contributed by atoms with Gasteiger partial charge >= 0.3 is 35.4 Å². The molecule has 1 aliphatic carbocycles. The Labute approximate surface area is 409 Å². The number of phosphoric ester groups is 3. The zero-order valence-corrected chi connectivity index (χ0v) is 43.3. The lowest BCUT2D eigenvalue weighted by molar-refractivity contribution is -0.213. The van der Waals surface area contributed by atoms with Crippen LogP contribution in [0.5, 0.6) is 0 Å². The molecule has 0 radical (unpaired) electrons. The van der Waals surface area contributed by atoms with E-state index >= 15 is 0 Å². The lowest BCUT2D eigenvalue weighted by Crippen LogP contribution is -2.65. The summed E-state index contributed by atoms with van der Waals surface area (Å²) in [5.74, 6) is -1.34. The quantitative estimate of drug-likeness (QED) is 0.0122. The number of carbonyl (C=O) groups excluding carboxylic acids is 2. The molecule has 0 aromatic heterocycles. The number of aliphatic hydroxyl groups is 3. The smallest absolute Gasteiger partial charge is 0.462 e. The summed E-state index contributed by atoms with van der Waals surface area (Å²) in [6.45, 7) is 2.80. The van der Waals surface area contributed by atoms with Crippen LogP contribution in [0.15, 0.2) is 60.8 Å². The molecule has 0 amide bonds. The highest BCUT2D eigenvalue weighted by Crippen LogP contribution is 2.51. The maximum Gasteiger partial charge on any atom is 0.472 e. The van der Waals surface area contributed by atoms with Gasteiger partial charge in [-0.05, 0) is 57.8 Å². The van der Waals surface area contributed by atoms with Crippen LogP contribution in [0, 0.1) is 0 Å². The van der Waals surface area contributed by atoms with Gasteiger partial charge in [-0.25, -0.2) is 13.7 Å². The van der Waals surface area contributed by atoms with Crippen molar-refractivity contribution in [2.45, 2.75) is 211 Å². The van der Waals surface area contributed by atoms with Crippen LogP contribution in [0.1, 0.15) is 168 Å². The van der Waals surface area contributed by atoms with Crippen LogP contribution in [0.2, 0.25) is 0 Å². The monoisotopic (exact) mass is 1040 g/mol. The first-order chi connectivity index (χ1) is 32.8. The van der Waals surface area contributed by atoms with Gasteiger partial charge < -0.3 is 49.3 Å². The number of esters is 2. The van der Waals surface area contributed by atoms with E-state index in [1.807, 2.05) is 0 Å². The van der Waals surface area contributed by atoms with Crippen LogP contribution >= 0.6 is 23.5 Å². The summed E-state index contributed by atoms with van der Waals surface area (Å²) in [7, 11) is -16.6. The maximum absolute atomic E-state index is 13.1. The molecule has 69 heavy (non-hydrogen) atoms. The molecule has 0 spiro atoms. The Kier molecular flexibility index (Phi) is 36.2. The molecular weight excluding hydrogens is 961 g/mol. The van der Waals surface area contributed by atoms with Crippen molar-refractivity contribution >= 4 is 35.4 Å². The molecule has 5 unspecified atom stereocenters. The van der Waals surface area contributed by atoms with E-state index in [0.29, 0.717) is 19.3 Å². The molecule has 0 aromatic rings. The van der Waals surface area contributed by atoms with Gasteiger partial charge in [0.15, 0.2) is 6.10 Å². The largest absolute Gasteiger partial charge is 0.472 e. The van der Waals surface area contributed by atoms with Gasteiger partial charge in [0.05, 0.1) is 6.61 Å². The lowest BCUT2D eigenvalue weighted by Gasteiger charge is -2.44. The van der Waals surface area contributed by atoms with Crippen LogP contribution in [0.4, 0.5) is 0 Å². The zero-order chi connectivity index (χ0) is 51.4. The van der Waals surface area contributed by atoms with Gasteiger partial charge in [0.2, 0.25) is 0 Å². The number of aliphatic hydroxyl groups excluding tert-OH is 3. The van der Waals surface area contributed by atoms with Crippen molar-refractivity contribution in [3.8, 4) is 0 Å². The normalized spacial score (nSPS) is 21.8. The second-order valence-corrected chi connectivity index (χ2v) is 20.8. The third-order valence-corrected chi connectivity index (χ3v) is 12.9. The van der Waals surface area contributed by atoms with Gasteiger partial charge in [-0.3, -0.25) is 27.7 Å². The Morgan fingerprint density at radius 2 is 0.884 bits per heavy atom. The van der Waals surface area contributed by atoms with E-state index < -0.39 is 91.3 Å². The number of hydrogen-bond donors (Lipinski definition) is 8. The molecule has 0 aliphatic heterocycles. The Balaban J connectivity index is 2.74. The van der Waals surface area contributed by atoms with Gasteiger partial charge in [0.1, 0.15) is 43.2 Å². The first-order valence-corrected chi connectivity index (χ1v) is 29.1. The Bertz CT molecular complexity index is 1670. The van der Waals surface area contributed by atoms with Crippen molar-refractivity contribution in [2.24, 2.45) is 0 Å². The van der Waals surface area contributed by atoms with Crippen molar-refractivity contribution in [2.75, 3.05) is 13.2 Å². The summed E-state index contributed by atoms with van der Waals surface area (Å²) in [5.41, 5.74) is 0. The number of allylic oxidation sites excluding steroid dienone is 10. The highest BCUT2D eigenvalue weighted by Gasteiger charge is 2.56. The van der Waals surface area contributed by atoms with Crippen molar-refractivity contribution < 1.29 is 90.6 Å². The van der Waals surface area contributed by atoms with Crippen LogP contribution in [-0.2, 0) is 50.9 Å². The van der Waals surface area contributed by atoms with E-state index in [1.54, 1.807) is 0 Å². The molecule has 0 saturated heterocycles. The lowest BCUT2D eigenvalue weighted by atomic mass is 9.85. The number of unbranched alkanes of at least 4 members (excludes halogenated alkanes) is 15. The molecule has 22 heteroatoms. The first-order valence-electron chi connectivity index (χ1n) is 24.6. The molecule has 400 valence electrons. The molecule has 19 nitrogen and oxygen atoms in total. The number of phosphoric acid groups is 3. The van der Waals surface area contributed by atoms with Gasteiger partial charge in [-0.2, -0.15) is 0 Å². The van der Waals surface area contributed by atoms with E-state index in [1.165, 1.54) is 51.4 Å². The van der Waals surface area contributed by atoms with Crippen LogP contribution in [0.25, 0.3) is 0 Å². The van der Waals surface area contributed by atoms with Crippen molar-refractivity contribution in [3.63, 3.8) is 0 Å². The minimum Gasteiger partial charge on any atom is -0.462 e. The summed E-state index contributed by atoms with van der Waals surface area (Å²) in [5, 5.41) is 31.9. The Morgan fingerprint density at radius 1 is 0.478 bits per heavy atom. The fourth-order valence-electron chi connectivity index (χ4n) is 7.20. The molecule has 0 heterocycles. The molecule has 1 rings (SSSR count). The van der Waals surface area contributed by atoms with E-state index in [0.717, 1.165) is 70.6 Å². The molecular formula is C47H83O19P3. The molecule has 1 aliphatic rings. The third-order valence-electron chi connectivity index (χ3n) is 10.8. The number of carbonyl (C=O) groups is 2. The van der Waals surface area contributed by atoms with Crippen molar-refractivity contribution in [1.82, 2.24) is 0 Å². The molecule has 8 atom stereocenters. The Hall–Kier alpha value is -2.15. The number of hydrogen-bond acceptors (Lipinski definition) is 14. The summed E-state index contributed by atoms with van der Waals surface area (Å²) in [6, 6.07) is 0. The maximum atomic E-state index is 13.1. The first kappa shape index (κ1) is 64.9. The van der Waals surface area contributed by atoms with Crippen LogP contribution in [0.3, 0.4) is 0 Å². The highest BCUT2D eigenvalue weighted by atomic mass is 31.2. The fourth-order valence-corrected chi connectivity index (χ4v) is 9.29. The molecule has 0 aromatic carbocycles. The summed E-state index contributed by atoms with van der Waals surface area (Å²) in [4.78, 5) is 73.2. The van der Waals surface area contributed by atoms with Gasteiger partial charge in [-0.1, -0.05) is 158 Å². The second-order valence-electron chi connectivity index (χ2n) is 17.0. The summed E-state index contributed by atoms with van der Waals surface area (Å²) in [6.07, 6.45) is 26.6. The van der Waals surface area contributed by atoms with Gasteiger partial charge in [0, 0.05) is 12.8 Å². The zero-order valence-electron chi connectivity index (χ0n) is 40.6. The molecule has 1 fully saturated rings. The van der Waals surface area contributed by atoms with Crippen LogP contribution < -0.4 is 0 Å². The minimum absolute atomic E-state index is 0.0422. The van der Waals surface area contributed by atoms with E-state index in [9.17, 15) is 63.1 Å². The van der Waals surface area contributed by atoms with Crippen LogP contribution in [-0.4, -0.2) is 108 Å². The van der Waals surface area contributed by atoms with Crippen molar-refractivity contribution in [3.05, 3.63) is 60.8 Å². The molecule has 1 saturated carbocycles. The minimum atomic E-state index is -5.61. The standard InChI is InChI=1S/C47H83O19P3/c1-3-5-7-9-11-13-15-17-18-19-20-21-22-24-26-28-30-32-34-36-41(49)63-39(37-61-40(48)35-33-31-29-27-25-23-16-14-12-10-8-6-4-2)38-62-69(59,60)66-45-42(50)43(51)46(64-67(53,54)55)47(44(45)52)65-68(56,57)58/h5,7,11,13,17-18,20-21,24,26,39,42-47,50-52H,3-4,6,8-10,12,14-16,19,22-23,25,27-38H2,1-2H3,(H,59,60)(H2,53,54,55)(H2,56,57,58)/t39-,42?,43?,44?,45+,46?,47+/m1/s1. The van der Waals surface area contributed by atoms with Crippen molar-refractivity contribution in [1.29, 1.82) is 0 Å². The number of ether oxygens (including phenoxy) is 2.